The van der Waals surface area contributed by atoms with Gasteiger partial charge in [-0.25, -0.2) is 22.0 Å². The molecule has 1 heterocycles. The third-order valence-corrected chi connectivity index (χ3v) is 8.29. The molecular weight excluding hydrogens is 670 g/mol. The maximum Gasteiger partial charge on any atom is 0.573 e. The Hall–Kier alpha value is -4.26. The monoisotopic (exact) mass is 700 g/mol. The zero-order valence-electron chi connectivity index (χ0n) is 26.0. The summed E-state index contributed by atoms with van der Waals surface area (Å²) in [6.07, 6.45) is -5.06. The zero-order chi connectivity index (χ0) is 35.5. The maximum absolute atomic E-state index is 15.1. The lowest BCUT2D eigenvalue weighted by Crippen LogP contribution is -2.26. The Balaban J connectivity index is 1.28. The van der Waals surface area contributed by atoms with Gasteiger partial charge in [-0.1, -0.05) is 50.5 Å². The van der Waals surface area contributed by atoms with Crippen molar-refractivity contribution < 1.29 is 58.1 Å². The molecule has 1 aliphatic rings. The molecule has 1 saturated heterocycles. The Morgan fingerprint density at radius 1 is 0.694 bits per heavy atom. The number of hydrogen-bond donors (Lipinski definition) is 0. The smallest absolute Gasteiger partial charge is 0.429 e. The van der Waals surface area contributed by atoms with E-state index in [4.69, 9.17) is 4.74 Å². The van der Waals surface area contributed by atoms with Crippen molar-refractivity contribution in [3.8, 4) is 33.8 Å². The molecule has 0 amide bonds. The third-order valence-electron chi connectivity index (χ3n) is 8.29. The van der Waals surface area contributed by atoms with Gasteiger partial charge in [0.2, 0.25) is 0 Å². The van der Waals surface area contributed by atoms with Gasteiger partial charge in [0.15, 0.2) is 23.2 Å². The maximum atomic E-state index is 15.1. The van der Waals surface area contributed by atoms with Crippen molar-refractivity contribution in [3.05, 3.63) is 107 Å². The van der Waals surface area contributed by atoms with Gasteiger partial charge >= 0.3 is 12.5 Å². The summed E-state index contributed by atoms with van der Waals surface area (Å²) in [5.74, 6) is -8.42. The average molecular weight is 701 g/mol. The number of ether oxygens (including phenoxy) is 3. The predicted octanol–water partition coefficient (Wildman–Crippen LogP) is 11.8. The molecule has 5 rings (SSSR count). The molecule has 4 aromatic carbocycles. The summed E-state index contributed by atoms with van der Waals surface area (Å²) < 4.78 is 156. The molecule has 0 N–H and O–H groups in total. The molecule has 2 atom stereocenters. The van der Waals surface area contributed by atoms with E-state index in [2.05, 4.69) is 16.4 Å². The van der Waals surface area contributed by atoms with E-state index >= 15 is 17.6 Å². The molecule has 0 spiro atoms. The van der Waals surface area contributed by atoms with E-state index in [0.29, 0.717) is 43.2 Å². The fourth-order valence-corrected chi connectivity index (χ4v) is 5.79. The SMILES string of the molecule is CCCCCC1CCC(c2ccc(C(F)(F)Oc3ccc(-c4ccc(-c5ccc(OC(F)(F)F)c(F)c5)c(F)c4)c(F)c3)c(F)c2F)OC1. The normalized spacial score (nSPS) is 16.9. The number of unbranched alkanes of at least 4 members (excludes halogenated alkanes) is 2. The second kappa shape index (κ2) is 14.7. The lowest BCUT2D eigenvalue weighted by atomic mass is 9.90. The van der Waals surface area contributed by atoms with Crippen molar-refractivity contribution in [2.45, 2.75) is 64.0 Å². The number of rotatable bonds is 11. The van der Waals surface area contributed by atoms with Gasteiger partial charge in [-0.15, -0.1) is 13.2 Å². The van der Waals surface area contributed by atoms with Gasteiger partial charge in [0.25, 0.3) is 0 Å². The molecule has 1 fully saturated rings. The molecule has 2 unspecified atom stereocenters. The molecule has 0 aromatic heterocycles. The fraction of sp³-hybridized carbons (Fsp3) is 0.333. The van der Waals surface area contributed by atoms with Crippen LogP contribution in [0, 0.1) is 35.0 Å². The molecule has 4 aromatic rings. The fourth-order valence-electron chi connectivity index (χ4n) is 5.79. The molecule has 0 bridgehead atoms. The highest BCUT2D eigenvalue weighted by Crippen LogP contribution is 2.40. The Bertz CT molecular complexity index is 1780. The topological polar surface area (TPSA) is 27.7 Å². The molecule has 262 valence electrons. The van der Waals surface area contributed by atoms with E-state index in [1.54, 1.807) is 0 Å². The first-order chi connectivity index (χ1) is 23.2. The molecule has 49 heavy (non-hydrogen) atoms. The van der Waals surface area contributed by atoms with Crippen LogP contribution in [-0.2, 0) is 10.8 Å². The number of hydrogen-bond acceptors (Lipinski definition) is 3. The summed E-state index contributed by atoms with van der Waals surface area (Å²) >= 11 is 0. The Kier molecular flexibility index (Phi) is 10.8. The second-order valence-electron chi connectivity index (χ2n) is 11.7. The molecule has 0 radical (unpaired) electrons. The molecular formula is C36H30F10O3. The minimum absolute atomic E-state index is 0.0736. The van der Waals surface area contributed by atoms with Crippen molar-refractivity contribution in [3.63, 3.8) is 0 Å². The lowest BCUT2D eigenvalue weighted by molar-refractivity contribution is -0.275. The average Bonchev–Trinajstić information content (AvgIpc) is 3.03. The van der Waals surface area contributed by atoms with Crippen LogP contribution in [0.5, 0.6) is 11.5 Å². The number of alkyl halides is 5. The zero-order valence-corrected chi connectivity index (χ0v) is 26.0. The van der Waals surface area contributed by atoms with E-state index in [0.717, 1.165) is 68.5 Å². The van der Waals surface area contributed by atoms with Crippen LogP contribution in [0.3, 0.4) is 0 Å². The van der Waals surface area contributed by atoms with Crippen molar-refractivity contribution >= 4 is 0 Å². The van der Waals surface area contributed by atoms with Gasteiger partial charge in [-0.3, -0.25) is 0 Å². The Morgan fingerprint density at radius 2 is 1.35 bits per heavy atom. The van der Waals surface area contributed by atoms with Crippen LogP contribution in [0.15, 0.2) is 66.7 Å². The largest absolute Gasteiger partial charge is 0.573 e. The van der Waals surface area contributed by atoms with Crippen molar-refractivity contribution in [2.24, 2.45) is 5.92 Å². The molecule has 0 saturated carbocycles. The van der Waals surface area contributed by atoms with Crippen LogP contribution in [0.25, 0.3) is 22.3 Å². The third kappa shape index (κ3) is 8.49. The summed E-state index contributed by atoms with van der Waals surface area (Å²) in [6.45, 7) is 2.44. The highest BCUT2D eigenvalue weighted by Gasteiger charge is 2.40. The van der Waals surface area contributed by atoms with Crippen LogP contribution in [0.1, 0.15) is 62.7 Å². The van der Waals surface area contributed by atoms with E-state index in [1.165, 1.54) is 6.07 Å². The van der Waals surface area contributed by atoms with E-state index < -0.39 is 64.7 Å². The standard InChI is InChI=1S/C36H30F10O3/c1-2-3-4-5-20-6-14-31(47-19-20)26-12-13-27(34(41)33(26)40)35(42,43)48-23-9-11-25(29(38)18-23)21-7-10-24(28(37)16-21)22-8-15-32(30(39)17-22)49-36(44,45)46/h7-13,15-18,20,31H,2-6,14,19H2,1H3. The first-order valence-corrected chi connectivity index (χ1v) is 15.5. The number of benzene rings is 4. The van der Waals surface area contributed by atoms with Gasteiger partial charge in [0.1, 0.15) is 22.9 Å². The highest BCUT2D eigenvalue weighted by molar-refractivity contribution is 5.72. The quantitative estimate of drug-likeness (QED) is 0.115. The summed E-state index contributed by atoms with van der Waals surface area (Å²) in [6, 6.07) is 9.66. The summed E-state index contributed by atoms with van der Waals surface area (Å²) in [4.78, 5) is 0. The first kappa shape index (κ1) is 36.0. The van der Waals surface area contributed by atoms with Crippen molar-refractivity contribution in [1.29, 1.82) is 0 Å². The van der Waals surface area contributed by atoms with Crippen LogP contribution >= 0.6 is 0 Å². The summed E-state index contributed by atoms with van der Waals surface area (Å²) in [5, 5.41) is 0. The van der Waals surface area contributed by atoms with E-state index in [1.807, 2.05) is 0 Å². The minimum Gasteiger partial charge on any atom is -0.429 e. The predicted molar refractivity (Wildman–Crippen MR) is 160 cm³/mol. The van der Waals surface area contributed by atoms with Gasteiger partial charge < -0.3 is 14.2 Å². The second-order valence-corrected chi connectivity index (χ2v) is 11.7. The number of halogens is 10. The van der Waals surface area contributed by atoms with Crippen LogP contribution in [0.4, 0.5) is 43.9 Å². The highest BCUT2D eigenvalue weighted by atomic mass is 19.4. The molecule has 0 aliphatic carbocycles. The van der Waals surface area contributed by atoms with Crippen LogP contribution in [0.2, 0.25) is 0 Å². The van der Waals surface area contributed by atoms with Gasteiger partial charge in [-0.2, -0.15) is 8.78 Å². The lowest BCUT2D eigenvalue weighted by Gasteiger charge is -2.30. The molecule has 13 heteroatoms. The van der Waals surface area contributed by atoms with Gasteiger partial charge in [-0.05, 0) is 72.7 Å². The van der Waals surface area contributed by atoms with E-state index in [-0.39, 0.29) is 27.8 Å². The van der Waals surface area contributed by atoms with E-state index in [9.17, 15) is 26.3 Å². The van der Waals surface area contributed by atoms with Crippen molar-refractivity contribution in [1.82, 2.24) is 0 Å². The summed E-state index contributed by atoms with van der Waals surface area (Å²) in [7, 11) is 0. The molecule has 3 nitrogen and oxygen atoms in total. The van der Waals surface area contributed by atoms with Crippen LogP contribution < -0.4 is 9.47 Å². The minimum atomic E-state index is -5.14. The Morgan fingerprint density at radius 3 is 1.94 bits per heavy atom. The first-order valence-electron chi connectivity index (χ1n) is 15.5. The summed E-state index contributed by atoms with van der Waals surface area (Å²) in [5.41, 5.74) is -2.30. The van der Waals surface area contributed by atoms with Crippen LogP contribution in [-0.4, -0.2) is 13.0 Å². The van der Waals surface area contributed by atoms with Gasteiger partial charge in [0, 0.05) is 22.8 Å². The molecule has 1 aliphatic heterocycles. The van der Waals surface area contributed by atoms with Gasteiger partial charge in [0.05, 0.1) is 12.7 Å². The van der Waals surface area contributed by atoms with Crippen molar-refractivity contribution in [2.75, 3.05) is 6.61 Å². The Labute approximate surface area is 275 Å².